The lowest BCUT2D eigenvalue weighted by Gasteiger charge is -2.18. The molecule has 6 heteroatoms. The zero-order chi connectivity index (χ0) is 15.7. The monoisotopic (exact) mass is 438 g/mol. The van der Waals surface area contributed by atoms with Gasteiger partial charge in [-0.05, 0) is 46.6 Å². The average molecular weight is 441 g/mol. The number of rotatable bonds is 3. The lowest BCUT2D eigenvalue weighted by atomic mass is 10.0. The van der Waals surface area contributed by atoms with E-state index in [4.69, 9.17) is 16.3 Å². The van der Waals surface area contributed by atoms with Crippen LogP contribution in [0.25, 0.3) is 0 Å². The van der Waals surface area contributed by atoms with Gasteiger partial charge in [-0.25, -0.2) is 8.78 Å². The molecule has 0 fully saturated rings. The van der Waals surface area contributed by atoms with Crippen LogP contribution >= 0.6 is 43.5 Å². The van der Waals surface area contributed by atoms with Crippen molar-refractivity contribution in [3.8, 4) is 5.75 Å². The zero-order valence-corrected chi connectivity index (χ0v) is 15.1. The number of ether oxygens (including phenoxy) is 1. The van der Waals surface area contributed by atoms with Crippen molar-refractivity contribution < 1.29 is 13.5 Å². The molecule has 0 N–H and O–H groups in total. The predicted molar refractivity (Wildman–Crippen MR) is 87.6 cm³/mol. The van der Waals surface area contributed by atoms with Crippen molar-refractivity contribution in [1.29, 1.82) is 0 Å². The lowest BCUT2D eigenvalue weighted by Crippen LogP contribution is -2.02. The van der Waals surface area contributed by atoms with Crippen molar-refractivity contribution in [3.63, 3.8) is 0 Å². The number of hydrogen-bond acceptors (Lipinski definition) is 1. The van der Waals surface area contributed by atoms with Crippen molar-refractivity contribution in [1.82, 2.24) is 0 Å². The van der Waals surface area contributed by atoms with Gasteiger partial charge in [-0.3, -0.25) is 0 Å². The quantitative estimate of drug-likeness (QED) is 0.518. The molecule has 0 spiro atoms. The Hall–Kier alpha value is -0.650. The van der Waals surface area contributed by atoms with Gasteiger partial charge in [-0.2, -0.15) is 0 Å². The van der Waals surface area contributed by atoms with E-state index in [1.165, 1.54) is 13.2 Å². The number of methoxy groups -OCH3 is 1. The molecule has 1 nitrogen and oxygen atoms in total. The molecule has 2 aromatic carbocycles. The van der Waals surface area contributed by atoms with Crippen LogP contribution < -0.4 is 4.74 Å². The molecule has 0 aliphatic rings. The van der Waals surface area contributed by atoms with E-state index in [1.807, 2.05) is 0 Å². The minimum Gasteiger partial charge on any atom is -0.495 e. The number of alkyl halides is 1. The molecular weight excluding hydrogens is 429 g/mol. The third-order valence-electron chi connectivity index (χ3n) is 3.07. The van der Waals surface area contributed by atoms with Gasteiger partial charge in [-0.15, -0.1) is 0 Å². The van der Waals surface area contributed by atoms with Gasteiger partial charge in [0.2, 0.25) is 0 Å². The number of hydrogen-bond donors (Lipinski definition) is 0. The van der Waals surface area contributed by atoms with Crippen molar-refractivity contribution >= 4 is 43.5 Å². The standard InChI is InChI=1S/C15H11Br2ClF2O/c1-7-3-9(13(20)6-12(7)19)14(17)10-4-8(18)5-11(16)15(10)21-2/h3-6,14H,1-2H3. The number of aryl methyl sites for hydroxylation is 1. The van der Waals surface area contributed by atoms with Gasteiger partial charge in [0.15, 0.2) is 0 Å². The summed E-state index contributed by atoms with van der Waals surface area (Å²) >= 11 is 12.8. The molecule has 0 aromatic heterocycles. The van der Waals surface area contributed by atoms with Crippen molar-refractivity contribution in [2.45, 2.75) is 11.8 Å². The predicted octanol–water partition coefficient (Wildman–Crippen LogP) is 6.18. The molecule has 0 amide bonds. The Labute approximate surface area is 143 Å². The summed E-state index contributed by atoms with van der Waals surface area (Å²) in [4.78, 5) is -0.512. The minimum absolute atomic E-state index is 0.321. The molecule has 0 heterocycles. The first-order chi connectivity index (χ1) is 9.85. The normalized spacial score (nSPS) is 12.3. The second kappa shape index (κ2) is 6.63. The van der Waals surface area contributed by atoms with E-state index in [9.17, 15) is 8.78 Å². The maximum atomic E-state index is 14.0. The third-order valence-corrected chi connectivity index (χ3v) is 4.86. The second-order valence-electron chi connectivity index (χ2n) is 4.50. The summed E-state index contributed by atoms with van der Waals surface area (Å²) in [6, 6.07) is 5.72. The fourth-order valence-electron chi connectivity index (χ4n) is 2.03. The molecule has 0 saturated carbocycles. The Bertz CT molecular complexity index is 692. The zero-order valence-electron chi connectivity index (χ0n) is 11.2. The van der Waals surface area contributed by atoms with Gasteiger partial charge >= 0.3 is 0 Å². The van der Waals surface area contributed by atoms with Crippen LogP contribution in [0.3, 0.4) is 0 Å². The fraction of sp³-hybridized carbons (Fsp3) is 0.200. The lowest BCUT2D eigenvalue weighted by molar-refractivity contribution is 0.407. The summed E-state index contributed by atoms with van der Waals surface area (Å²) < 4.78 is 33.4. The highest BCUT2D eigenvalue weighted by Gasteiger charge is 2.22. The number of benzene rings is 2. The van der Waals surface area contributed by atoms with Crippen molar-refractivity contribution in [2.75, 3.05) is 7.11 Å². The molecule has 2 aromatic rings. The van der Waals surface area contributed by atoms with E-state index < -0.39 is 16.5 Å². The Morgan fingerprint density at radius 1 is 1.10 bits per heavy atom. The van der Waals surface area contributed by atoms with Crippen LogP contribution in [-0.4, -0.2) is 7.11 Å². The van der Waals surface area contributed by atoms with E-state index >= 15 is 0 Å². The van der Waals surface area contributed by atoms with Crippen LogP contribution in [0.2, 0.25) is 5.02 Å². The molecule has 0 aliphatic heterocycles. The van der Waals surface area contributed by atoms with Gasteiger partial charge in [0, 0.05) is 22.2 Å². The average Bonchev–Trinajstić information content (AvgIpc) is 2.41. The Kier molecular flexibility index (Phi) is 5.28. The van der Waals surface area contributed by atoms with Crippen molar-refractivity contribution in [3.05, 3.63) is 62.1 Å². The molecule has 1 unspecified atom stereocenters. The Morgan fingerprint density at radius 2 is 1.76 bits per heavy atom. The topological polar surface area (TPSA) is 9.23 Å². The Balaban J connectivity index is 2.60. The Morgan fingerprint density at radius 3 is 2.38 bits per heavy atom. The van der Waals surface area contributed by atoms with Gasteiger partial charge in [-0.1, -0.05) is 27.5 Å². The molecule has 112 valence electrons. The molecule has 0 radical (unpaired) electrons. The maximum absolute atomic E-state index is 14.0. The first kappa shape index (κ1) is 16.7. The SMILES string of the molecule is COc1c(Br)cc(Cl)cc1C(Br)c1cc(C)c(F)cc1F. The summed E-state index contributed by atoms with van der Waals surface area (Å²) in [6.07, 6.45) is 0. The smallest absolute Gasteiger partial charge is 0.137 e. The molecular formula is C15H11Br2ClF2O. The highest BCUT2D eigenvalue weighted by molar-refractivity contribution is 9.10. The highest BCUT2D eigenvalue weighted by Crippen LogP contribution is 2.43. The van der Waals surface area contributed by atoms with Crippen LogP contribution in [0.5, 0.6) is 5.75 Å². The minimum atomic E-state index is -0.627. The molecule has 1 atom stereocenters. The van der Waals surface area contributed by atoms with Crippen LogP contribution in [0.15, 0.2) is 28.7 Å². The maximum Gasteiger partial charge on any atom is 0.137 e. The summed E-state index contributed by atoms with van der Waals surface area (Å²) in [5.74, 6) is -0.657. The highest BCUT2D eigenvalue weighted by atomic mass is 79.9. The van der Waals surface area contributed by atoms with E-state index in [0.717, 1.165) is 6.07 Å². The summed E-state index contributed by atoms with van der Waals surface area (Å²) in [6.45, 7) is 1.59. The molecule has 0 bridgehead atoms. The van der Waals surface area contributed by atoms with Crippen LogP contribution in [0, 0.1) is 18.6 Å². The van der Waals surface area contributed by atoms with Gasteiger partial charge in [0.05, 0.1) is 16.4 Å². The summed E-state index contributed by atoms with van der Waals surface area (Å²) in [5.41, 5.74) is 1.35. The second-order valence-corrected chi connectivity index (χ2v) is 6.70. The van der Waals surface area contributed by atoms with E-state index in [2.05, 4.69) is 31.9 Å². The van der Waals surface area contributed by atoms with Gasteiger partial charge in [0.25, 0.3) is 0 Å². The van der Waals surface area contributed by atoms with Gasteiger partial charge < -0.3 is 4.74 Å². The molecule has 21 heavy (non-hydrogen) atoms. The largest absolute Gasteiger partial charge is 0.495 e. The molecule has 0 saturated heterocycles. The van der Waals surface area contributed by atoms with Crippen LogP contribution in [-0.2, 0) is 0 Å². The third kappa shape index (κ3) is 3.41. The van der Waals surface area contributed by atoms with E-state index in [0.29, 0.717) is 31.9 Å². The summed E-state index contributed by atoms with van der Waals surface area (Å²) in [7, 11) is 1.52. The first-order valence-corrected chi connectivity index (χ1v) is 8.06. The fourth-order valence-corrected chi connectivity index (χ4v) is 3.71. The van der Waals surface area contributed by atoms with E-state index in [1.54, 1.807) is 19.1 Å². The molecule has 0 aliphatic carbocycles. The van der Waals surface area contributed by atoms with Crippen molar-refractivity contribution in [2.24, 2.45) is 0 Å². The number of halogens is 5. The van der Waals surface area contributed by atoms with E-state index in [-0.39, 0.29) is 0 Å². The van der Waals surface area contributed by atoms with Gasteiger partial charge in [0.1, 0.15) is 17.4 Å². The first-order valence-electron chi connectivity index (χ1n) is 5.97. The molecule has 2 rings (SSSR count). The summed E-state index contributed by atoms with van der Waals surface area (Å²) in [5, 5.41) is 0.487. The van der Waals surface area contributed by atoms with Crippen LogP contribution in [0.4, 0.5) is 8.78 Å². The van der Waals surface area contributed by atoms with Crippen LogP contribution in [0.1, 0.15) is 21.5 Å².